The Balaban J connectivity index is 2.91. The fourth-order valence-electron chi connectivity index (χ4n) is 1.49. The van der Waals surface area contributed by atoms with E-state index in [0.29, 0.717) is 18.3 Å². The van der Waals surface area contributed by atoms with Gasteiger partial charge in [0.05, 0.1) is 7.11 Å². The molecule has 5 heteroatoms. The Morgan fingerprint density at radius 1 is 1.67 bits per heavy atom. The molecule has 0 saturated heterocycles. The highest BCUT2D eigenvalue weighted by molar-refractivity contribution is 5.74. The summed E-state index contributed by atoms with van der Waals surface area (Å²) in [6, 6.07) is -0.377. The number of hydrogen-bond acceptors (Lipinski definition) is 4. The van der Waals surface area contributed by atoms with Gasteiger partial charge in [0.1, 0.15) is 6.04 Å². The first kappa shape index (κ1) is 11.6. The van der Waals surface area contributed by atoms with E-state index in [9.17, 15) is 4.79 Å². The fourth-order valence-corrected chi connectivity index (χ4v) is 1.49. The molecule has 1 aromatic rings. The zero-order chi connectivity index (χ0) is 11.4. The monoisotopic (exact) mass is 211 g/mol. The molecule has 0 bridgehead atoms. The number of hydrogen-bond donors (Lipinski definition) is 1. The number of rotatable bonds is 4. The number of imidazole rings is 1. The molecule has 1 unspecified atom stereocenters. The van der Waals surface area contributed by atoms with Crippen LogP contribution in [0.3, 0.4) is 0 Å². The summed E-state index contributed by atoms with van der Waals surface area (Å²) in [5.74, 6) is 0.440. The number of aromatic nitrogens is 2. The highest BCUT2D eigenvalue weighted by Crippen LogP contribution is 2.21. The maximum atomic E-state index is 11.6. The van der Waals surface area contributed by atoms with Gasteiger partial charge in [-0.3, -0.25) is 0 Å². The number of nitrogens with two attached hydrogens (primary N) is 1. The topological polar surface area (TPSA) is 70.1 Å². The number of anilines is 1. The zero-order valence-corrected chi connectivity index (χ0v) is 9.30. The third-order valence-corrected chi connectivity index (χ3v) is 2.20. The average Bonchev–Trinajstić information content (AvgIpc) is 2.59. The molecule has 1 rings (SSSR count). The van der Waals surface area contributed by atoms with Crippen molar-refractivity contribution in [1.82, 2.24) is 9.55 Å². The first-order valence-corrected chi connectivity index (χ1v) is 4.92. The predicted molar refractivity (Wildman–Crippen MR) is 57.1 cm³/mol. The van der Waals surface area contributed by atoms with Gasteiger partial charge < -0.3 is 15.0 Å². The van der Waals surface area contributed by atoms with Gasteiger partial charge in [0, 0.05) is 12.4 Å². The highest BCUT2D eigenvalue weighted by atomic mass is 16.5. The number of methoxy groups -OCH3 is 1. The lowest BCUT2D eigenvalue weighted by Crippen LogP contribution is -2.23. The van der Waals surface area contributed by atoms with Crippen LogP contribution in [0.4, 0.5) is 5.95 Å². The SMILES string of the molecule is COC(=O)C(CC(C)C)n1ccnc1N. The van der Waals surface area contributed by atoms with Crippen LogP contribution in [-0.4, -0.2) is 22.6 Å². The minimum atomic E-state index is -0.377. The largest absolute Gasteiger partial charge is 0.467 e. The molecule has 0 aliphatic heterocycles. The van der Waals surface area contributed by atoms with E-state index in [-0.39, 0.29) is 12.0 Å². The molecular weight excluding hydrogens is 194 g/mol. The van der Waals surface area contributed by atoms with Crippen LogP contribution in [0.15, 0.2) is 12.4 Å². The molecule has 15 heavy (non-hydrogen) atoms. The Bertz CT molecular complexity index is 333. The molecule has 84 valence electrons. The Labute approximate surface area is 89.2 Å². The van der Waals surface area contributed by atoms with Crippen molar-refractivity contribution in [3.63, 3.8) is 0 Å². The van der Waals surface area contributed by atoms with Crippen LogP contribution in [0, 0.1) is 5.92 Å². The van der Waals surface area contributed by atoms with E-state index in [0.717, 1.165) is 0 Å². The second-order valence-corrected chi connectivity index (χ2v) is 3.86. The summed E-state index contributed by atoms with van der Waals surface area (Å²) in [7, 11) is 1.38. The van der Waals surface area contributed by atoms with E-state index in [1.54, 1.807) is 17.0 Å². The van der Waals surface area contributed by atoms with E-state index < -0.39 is 0 Å². The summed E-state index contributed by atoms with van der Waals surface area (Å²) < 4.78 is 6.39. The summed E-state index contributed by atoms with van der Waals surface area (Å²) in [4.78, 5) is 15.5. The minimum absolute atomic E-state index is 0.284. The summed E-state index contributed by atoms with van der Waals surface area (Å²) in [6.45, 7) is 4.09. The molecule has 5 nitrogen and oxygen atoms in total. The summed E-state index contributed by atoms with van der Waals surface area (Å²) in [5, 5.41) is 0. The van der Waals surface area contributed by atoms with Crippen LogP contribution in [-0.2, 0) is 9.53 Å². The van der Waals surface area contributed by atoms with E-state index in [1.807, 2.05) is 13.8 Å². The van der Waals surface area contributed by atoms with Gasteiger partial charge in [-0.2, -0.15) is 0 Å². The third-order valence-electron chi connectivity index (χ3n) is 2.20. The minimum Gasteiger partial charge on any atom is -0.467 e. The number of carbonyl (C=O) groups is 1. The lowest BCUT2D eigenvalue weighted by atomic mass is 10.0. The lowest BCUT2D eigenvalue weighted by molar-refractivity contribution is -0.145. The van der Waals surface area contributed by atoms with Gasteiger partial charge in [-0.1, -0.05) is 13.8 Å². The van der Waals surface area contributed by atoms with Gasteiger partial charge in [0.15, 0.2) is 0 Å². The summed E-state index contributed by atoms with van der Waals surface area (Å²) in [5.41, 5.74) is 5.65. The molecule has 0 saturated carbocycles. The number of esters is 1. The molecule has 0 radical (unpaired) electrons. The average molecular weight is 211 g/mol. The van der Waals surface area contributed by atoms with Gasteiger partial charge in [-0.15, -0.1) is 0 Å². The van der Waals surface area contributed by atoms with Crippen LogP contribution in [0.5, 0.6) is 0 Å². The van der Waals surface area contributed by atoms with Crippen molar-refractivity contribution >= 4 is 11.9 Å². The normalized spacial score (nSPS) is 12.8. The molecule has 0 amide bonds. The van der Waals surface area contributed by atoms with Crippen LogP contribution in [0.25, 0.3) is 0 Å². The Morgan fingerprint density at radius 3 is 2.73 bits per heavy atom. The Morgan fingerprint density at radius 2 is 2.33 bits per heavy atom. The quantitative estimate of drug-likeness (QED) is 0.760. The second-order valence-electron chi connectivity index (χ2n) is 3.86. The molecular formula is C10H17N3O2. The number of carbonyl (C=O) groups excluding carboxylic acids is 1. The first-order valence-electron chi connectivity index (χ1n) is 4.92. The van der Waals surface area contributed by atoms with Gasteiger partial charge >= 0.3 is 5.97 Å². The number of nitrogens with zero attached hydrogens (tertiary/aromatic N) is 2. The van der Waals surface area contributed by atoms with Crippen LogP contribution in [0.1, 0.15) is 26.3 Å². The molecule has 1 atom stereocenters. The van der Waals surface area contributed by atoms with Crippen molar-refractivity contribution in [3.05, 3.63) is 12.4 Å². The molecule has 0 aromatic carbocycles. The molecule has 0 aliphatic carbocycles. The lowest BCUT2D eigenvalue weighted by Gasteiger charge is -2.18. The van der Waals surface area contributed by atoms with Crippen LogP contribution in [0.2, 0.25) is 0 Å². The molecule has 1 aromatic heterocycles. The van der Waals surface area contributed by atoms with E-state index in [4.69, 9.17) is 10.5 Å². The van der Waals surface area contributed by atoms with E-state index >= 15 is 0 Å². The van der Waals surface area contributed by atoms with Gasteiger partial charge in [0.2, 0.25) is 5.95 Å². The summed E-state index contributed by atoms with van der Waals surface area (Å²) in [6.07, 6.45) is 3.96. The standard InChI is InChI=1S/C10H17N3O2/c1-7(2)6-8(9(14)15-3)13-5-4-12-10(13)11/h4-5,7-8H,6H2,1-3H3,(H2,11,12). The van der Waals surface area contributed by atoms with Gasteiger partial charge in [-0.25, -0.2) is 9.78 Å². The molecule has 1 heterocycles. The van der Waals surface area contributed by atoms with E-state index in [1.165, 1.54) is 7.11 Å². The van der Waals surface area contributed by atoms with Crippen molar-refractivity contribution in [1.29, 1.82) is 0 Å². The van der Waals surface area contributed by atoms with Crippen molar-refractivity contribution in [2.45, 2.75) is 26.3 Å². The maximum Gasteiger partial charge on any atom is 0.328 e. The van der Waals surface area contributed by atoms with Crippen molar-refractivity contribution in [2.24, 2.45) is 5.92 Å². The van der Waals surface area contributed by atoms with Crippen molar-refractivity contribution < 1.29 is 9.53 Å². The molecule has 0 spiro atoms. The van der Waals surface area contributed by atoms with E-state index in [2.05, 4.69) is 4.98 Å². The zero-order valence-electron chi connectivity index (χ0n) is 9.30. The van der Waals surface area contributed by atoms with Crippen LogP contribution >= 0.6 is 0 Å². The van der Waals surface area contributed by atoms with Crippen molar-refractivity contribution in [2.75, 3.05) is 12.8 Å². The second kappa shape index (κ2) is 4.82. The molecule has 2 N–H and O–H groups in total. The van der Waals surface area contributed by atoms with Gasteiger partial charge in [0.25, 0.3) is 0 Å². The first-order chi connectivity index (χ1) is 7.06. The fraction of sp³-hybridized carbons (Fsp3) is 0.600. The predicted octanol–water partition coefficient (Wildman–Crippen LogP) is 1.23. The third kappa shape index (κ3) is 2.71. The van der Waals surface area contributed by atoms with Crippen LogP contribution < -0.4 is 5.73 Å². The number of ether oxygens (including phenoxy) is 1. The Hall–Kier alpha value is -1.52. The summed E-state index contributed by atoms with van der Waals surface area (Å²) >= 11 is 0. The maximum absolute atomic E-state index is 11.6. The smallest absolute Gasteiger partial charge is 0.328 e. The molecule has 0 aliphatic rings. The highest BCUT2D eigenvalue weighted by Gasteiger charge is 2.23. The Kier molecular flexibility index (Phi) is 3.71. The van der Waals surface area contributed by atoms with Gasteiger partial charge in [-0.05, 0) is 12.3 Å². The van der Waals surface area contributed by atoms with Crippen molar-refractivity contribution in [3.8, 4) is 0 Å². The number of nitrogen functional groups attached to an aromatic ring is 1. The molecule has 0 fully saturated rings.